The number of rotatable bonds is 6. The molecule has 1 fully saturated rings. The molecule has 26 heavy (non-hydrogen) atoms. The Hall–Kier alpha value is -2.83. The molecule has 1 aliphatic rings. The Morgan fingerprint density at radius 1 is 1.08 bits per heavy atom. The molecule has 1 aromatic heterocycles. The van der Waals surface area contributed by atoms with Crippen LogP contribution in [0.2, 0.25) is 0 Å². The van der Waals surface area contributed by atoms with Crippen LogP contribution >= 0.6 is 0 Å². The zero-order chi connectivity index (χ0) is 18.4. The third-order valence-corrected chi connectivity index (χ3v) is 4.51. The summed E-state index contributed by atoms with van der Waals surface area (Å²) in [6.45, 7) is 0. The highest BCUT2D eigenvalue weighted by molar-refractivity contribution is 5.93. The SMILES string of the molecule is COc1ccc(OC)c(Nc2cc(C(=O)NC3CCCCC3)ncn2)c1. The molecular formula is C19H24N4O3. The Balaban J connectivity index is 1.74. The van der Waals surface area contributed by atoms with Gasteiger partial charge in [0.05, 0.1) is 19.9 Å². The number of hydrogen-bond donors (Lipinski definition) is 2. The van der Waals surface area contributed by atoms with E-state index in [0.717, 1.165) is 25.7 Å². The highest BCUT2D eigenvalue weighted by Crippen LogP contribution is 2.31. The van der Waals surface area contributed by atoms with Crippen LogP contribution in [0.3, 0.4) is 0 Å². The van der Waals surface area contributed by atoms with Crippen LogP contribution in [-0.4, -0.2) is 36.1 Å². The molecule has 7 nitrogen and oxygen atoms in total. The quantitative estimate of drug-likeness (QED) is 0.826. The fourth-order valence-electron chi connectivity index (χ4n) is 3.11. The van der Waals surface area contributed by atoms with Crippen LogP contribution in [0, 0.1) is 0 Å². The molecule has 0 saturated heterocycles. The third kappa shape index (κ3) is 4.41. The minimum Gasteiger partial charge on any atom is -0.497 e. The normalized spacial score (nSPS) is 14.5. The maximum atomic E-state index is 12.5. The van der Waals surface area contributed by atoms with Gasteiger partial charge in [-0.25, -0.2) is 9.97 Å². The molecule has 0 atom stereocenters. The van der Waals surface area contributed by atoms with Crippen LogP contribution in [0.5, 0.6) is 11.5 Å². The van der Waals surface area contributed by atoms with Crippen molar-refractivity contribution in [2.24, 2.45) is 0 Å². The number of aromatic nitrogens is 2. The third-order valence-electron chi connectivity index (χ3n) is 4.51. The summed E-state index contributed by atoms with van der Waals surface area (Å²) < 4.78 is 10.6. The number of benzene rings is 1. The van der Waals surface area contributed by atoms with E-state index in [9.17, 15) is 4.79 Å². The van der Waals surface area contributed by atoms with E-state index in [1.54, 1.807) is 26.4 Å². The fourth-order valence-corrected chi connectivity index (χ4v) is 3.11. The van der Waals surface area contributed by atoms with Crippen molar-refractivity contribution in [1.82, 2.24) is 15.3 Å². The van der Waals surface area contributed by atoms with Gasteiger partial charge in [0.25, 0.3) is 5.91 Å². The number of anilines is 2. The molecule has 0 unspecified atom stereocenters. The van der Waals surface area contributed by atoms with E-state index in [4.69, 9.17) is 9.47 Å². The summed E-state index contributed by atoms with van der Waals surface area (Å²) in [4.78, 5) is 20.8. The van der Waals surface area contributed by atoms with Gasteiger partial charge >= 0.3 is 0 Å². The van der Waals surface area contributed by atoms with Gasteiger partial charge in [-0.1, -0.05) is 19.3 Å². The van der Waals surface area contributed by atoms with Crippen molar-refractivity contribution in [2.75, 3.05) is 19.5 Å². The Kier molecular flexibility index (Phi) is 5.88. The van der Waals surface area contributed by atoms with Gasteiger partial charge in [0.15, 0.2) is 0 Å². The molecule has 3 rings (SSSR count). The standard InChI is InChI=1S/C19H24N4O3/c1-25-14-8-9-17(26-2)15(10-14)23-18-11-16(20-12-21-18)19(24)22-13-6-4-3-5-7-13/h8-13H,3-7H2,1-2H3,(H,22,24)(H,20,21,23). The van der Waals surface area contributed by atoms with Crippen LogP contribution in [0.4, 0.5) is 11.5 Å². The van der Waals surface area contributed by atoms with E-state index < -0.39 is 0 Å². The number of carbonyl (C=O) groups excluding carboxylic acids is 1. The summed E-state index contributed by atoms with van der Waals surface area (Å²) in [5.41, 5.74) is 1.04. The van der Waals surface area contributed by atoms with Crippen molar-refractivity contribution in [3.05, 3.63) is 36.3 Å². The summed E-state index contributed by atoms with van der Waals surface area (Å²) >= 11 is 0. The molecule has 2 N–H and O–H groups in total. The maximum absolute atomic E-state index is 12.5. The first kappa shape index (κ1) is 18.0. The number of carbonyl (C=O) groups is 1. The first-order valence-electron chi connectivity index (χ1n) is 8.81. The monoisotopic (exact) mass is 356 g/mol. The first-order valence-corrected chi connectivity index (χ1v) is 8.81. The Bertz CT molecular complexity index is 760. The first-order chi connectivity index (χ1) is 12.7. The van der Waals surface area contributed by atoms with Crippen LogP contribution in [0.1, 0.15) is 42.6 Å². The molecule has 1 aliphatic carbocycles. The van der Waals surface area contributed by atoms with E-state index in [0.29, 0.717) is 28.7 Å². The zero-order valence-electron chi connectivity index (χ0n) is 15.1. The average molecular weight is 356 g/mol. The number of ether oxygens (including phenoxy) is 2. The molecule has 7 heteroatoms. The van der Waals surface area contributed by atoms with Crippen molar-refractivity contribution in [3.8, 4) is 11.5 Å². The number of amides is 1. The molecular weight excluding hydrogens is 332 g/mol. The van der Waals surface area contributed by atoms with Gasteiger partial charge in [-0.15, -0.1) is 0 Å². The minimum absolute atomic E-state index is 0.167. The predicted octanol–water partition coefficient (Wildman–Crippen LogP) is 3.30. The largest absolute Gasteiger partial charge is 0.497 e. The van der Waals surface area contributed by atoms with Crippen molar-refractivity contribution in [3.63, 3.8) is 0 Å². The lowest BCUT2D eigenvalue weighted by atomic mass is 9.95. The van der Waals surface area contributed by atoms with Crippen molar-refractivity contribution in [2.45, 2.75) is 38.1 Å². The van der Waals surface area contributed by atoms with Gasteiger partial charge in [0, 0.05) is 18.2 Å². The number of hydrogen-bond acceptors (Lipinski definition) is 6. The van der Waals surface area contributed by atoms with Crippen LogP contribution in [0.15, 0.2) is 30.6 Å². The molecule has 2 aromatic rings. The zero-order valence-corrected chi connectivity index (χ0v) is 15.1. The summed E-state index contributed by atoms with van der Waals surface area (Å²) in [6.07, 6.45) is 7.02. The lowest BCUT2D eigenvalue weighted by Crippen LogP contribution is -2.36. The summed E-state index contributed by atoms with van der Waals surface area (Å²) in [5, 5.41) is 6.23. The molecule has 1 amide bonds. The van der Waals surface area contributed by atoms with Crippen LogP contribution < -0.4 is 20.1 Å². The van der Waals surface area contributed by atoms with Crippen molar-refractivity contribution >= 4 is 17.4 Å². The Labute approximate surface area is 153 Å². The van der Waals surface area contributed by atoms with Gasteiger partial charge in [0.2, 0.25) is 0 Å². The summed E-state index contributed by atoms with van der Waals surface area (Å²) in [7, 11) is 3.19. The number of nitrogens with zero attached hydrogens (tertiary/aromatic N) is 2. The molecule has 0 aliphatic heterocycles. The van der Waals surface area contributed by atoms with Crippen molar-refractivity contribution in [1.29, 1.82) is 0 Å². The summed E-state index contributed by atoms with van der Waals surface area (Å²) in [5.74, 6) is 1.69. The van der Waals surface area contributed by atoms with Gasteiger partial charge < -0.3 is 20.1 Å². The Morgan fingerprint density at radius 2 is 1.88 bits per heavy atom. The second-order valence-electron chi connectivity index (χ2n) is 6.29. The summed E-state index contributed by atoms with van der Waals surface area (Å²) in [6, 6.07) is 7.30. The predicted molar refractivity (Wildman–Crippen MR) is 99.2 cm³/mol. The molecule has 0 spiro atoms. The van der Waals surface area contributed by atoms with E-state index in [-0.39, 0.29) is 11.9 Å². The second-order valence-corrected chi connectivity index (χ2v) is 6.29. The van der Waals surface area contributed by atoms with Gasteiger partial charge in [0.1, 0.15) is 29.3 Å². The van der Waals surface area contributed by atoms with Crippen molar-refractivity contribution < 1.29 is 14.3 Å². The molecule has 1 saturated carbocycles. The smallest absolute Gasteiger partial charge is 0.270 e. The van der Waals surface area contributed by atoms with E-state index in [1.807, 2.05) is 12.1 Å². The molecule has 1 aromatic carbocycles. The highest BCUT2D eigenvalue weighted by atomic mass is 16.5. The molecule has 138 valence electrons. The number of methoxy groups -OCH3 is 2. The average Bonchev–Trinajstić information content (AvgIpc) is 2.69. The lowest BCUT2D eigenvalue weighted by Gasteiger charge is -2.22. The fraction of sp³-hybridized carbons (Fsp3) is 0.421. The van der Waals surface area contributed by atoms with Gasteiger partial charge in [-0.2, -0.15) is 0 Å². The topological polar surface area (TPSA) is 85.4 Å². The van der Waals surface area contributed by atoms with E-state index in [2.05, 4.69) is 20.6 Å². The Morgan fingerprint density at radius 3 is 2.62 bits per heavy atom. The highest BCUT2D eigenvalue weighted by Gasteiger charge is 2.18. The van der Waals surface area contributed by atoms with Gasteiger partial charge in [-0.3, -0.25) is 4.79 Å². The van der Waals surface area contributed by atoms with E-state index >= 15 is 0 Å². The maximum Gasteiger partial charge on any atom is 0.270 e. The molecule has 1 heterocycles. The van der Waals surface area contributed by atoms with Crippen LogP contribution in [0.25, 0.3) is 0 Å². The van der Waals surface area contributed by atoms with E-state index in [1.165, 1.54) is 12.7 Å². The minimum atomic E-state index is -0.167. The number of nitrogens with one attached hydrogen (secondary N) is 2. The molecule has 0 bridgehead atoms. The van der Waals surface area contributed by atoms with Crippen LogP contribution in [-0.2, 0) is 0 Å². The lowest BCUT2D eigenvalue weighted by molar-refractivity contribution is 0.0922. The van der Waals surface area contributed by atoms with Gasteiger partial charge in [-0.05, 0) is 25.0 Å². The second kappa shape index (κ2) is 8.51. The molecule has 0 radical (unpaired) electrons.